The predicted octanol–water partition coefficient (Wildman–Crippen LogP) is 5.34. The Morgan fingerprint density at radius 1 is 1.03 bits per heavy atom. The van der Waals surface area contributed by atoms with Crippen LogP contribution in [0.25, 0.3) is 0 Å². The van der Waals surface area contributed by atoms with Gasteiger partial charge in [0.2, 0.25) is 6.10 Å². The zero-order valence-electron chi connectivity index (χ0n) is 20.6. The summed E-state index contributed by atoms with van der Waals surface area (Å²) in [5, 5.41) is 20.6. The van der Waals surface area contributed by atoms with Gasteiger partial charge in [0.25, 0.3) is 0 Å². The fourth-order valence-electron chi connectivity index (χ4n) is 3.39. The Bertz CT molecular complexity index is 1020. The van der Waals surface area contributed by atoms with Crippen LogP contribution in [0.15, 0.2) is 36.4 Å². The summed E-state index contributed by atoms with van der Waals surface area (Å²) in [6.07, 6.45) is -5.23. The van der Waals surface area contributed by atoms with Crippen molar-refractivity contribution < 1.29 is 42.7 Å². The highest BCUT2D eigenvalue weighted by molar-refractivity contribution is 6.37. The lowest BCUT2D eigenvalue weighted by Gasteiger charge is -2.34. The van der Waals surface area contributed by atoms with E-state index in [0.29, 0.717) is 28.0 Å². The maximum absolute atomic E-state index is 14.6. The summed E-state index contributed by atoms with van der Waals surface area (Å²) >= 11 is 12.8. The zero-order chi connectivity index (χ0) is 27.3. The van der Waals surface area contributed by atoms with Crippen molar-refractivity contribution in [1.29, 1.82) is 0 Å². The van der Waals surface area contributed by atoms with Crippen molar-refractivity contribution in [2.24, 2.45) is 0 Å². The largest absolute Gasteiger partial charge is 0.490 e. The minimum atomic E-state index is -4.63. The monoisotopic (exact) mass is 550 g/mol. The first-order chi connectivity index (χ1) is 16.7. The third kappa shape index (κ3) is 6.39. The summed E-state index contributed by atoms with van der Waals surface area (Å²) in [7, 11) is 1.73. The van der Waals surface area contributed by atoms with Gasteiger partial charge in [-0.1, -0.05) is 62.5 Å². The van der Waals surface area contributed by atoms with Gasteiger partial charge in [0.1, 0.15) is 5.75 Å². The minimum absolute atomic E-state index is 0.349. The molecule has 0 spiro atoms. The molecular weight excluding hydrogens is 521 g/mol. The molecule has 0 radical (unpaired) electrons. The van der Waals surface area contributed by atoms with E-state index in [1.54, 1.807) is 12.1 Å². The van der Waals surface area contributed by atoms with Gasteiger partial charge >= 0.3 is 17.9 Å². The van der Waals surface area contributed by atoms with E-state index >= 15 is 0 Å². The summed E-state index contributed by atoms with van der Waals surface area (Å²) in [4.78, 5) is 11.6. The van der Waals surface area contributed by atoms with Crippen molar-refractivity contribution in [3.63, 3.8) is 0 Å². The molecule has 1 unspecified atom stereocenters. The number of benzene rings is 2. The number of halogens is 4. The summed E-state index contributed by atoms with van der Waals surface area (Å²) in [6.45, 7) is 6.31. The van der Waals surface area contributed by atoms with Crippen LogP contribution in [-0.4, -0.2) is 55.0 Å². The number of unbranched alkanes of at least 4 members (excludes halogenated alkanes) is 1. The average molecular weight is 551 g/mol. The second-order valence-electron chi connectivity index (χ2n) is 8.60. The number of hydrogen-bond donors (Lipinski definition) is 2. The summed E-state index contributed by atoms with van der Waals surface area (Å²) in [6, 6.07) is 8.99. The van der Waals surface area contributed by atoms with Crippen molar-refractivity contribution in [1.82, 2.24) is 0 Å². The number of rotatable bonds is 12. The Hall–Kier alpha value is -2.17. The van der Waals surface area contributed by atoms with Gasteiger partial charge in [0.05, 0.1) is 23.8 Å². The first-order valence-electron chi connectivity index (χ1n) is 11.1. The molecule has 36 heavy (non-hydrogen) atoms. The molecule has 0 amide bonds. The number of ether oxygens (including phenoxy) is 4. The zero-order valence-corrected chi connectivity index (χ0v) is 22.1. The number of alkyl halides is 2. The third-order valence-electron chi connectivity index (χ3n) is 5.73. The first-order valence-corrected chi connectivity index (χ1v) is 11.8. The number of esters is 1. The Labute approximate surface area is 218 Å². The number of carbonyl (C=O) groups is 1. The molecule has 200 valence electrons. The van der Waals surface area contributed by atoms with Crippen LogP contribution < -0.4 is 9.47 Å². The molecule has 1 atom stereocenters. The molecule has 0 aliphatic heterocycles. The van der Waals surface area contributed by atoms with E-state index in [1.165, 1.54) is 24.3 Å². The molecule has 2 aromatic carbocycles. The molecule has 0 fully saturated rings. The summed E-state index contributed by atoms with van der Waals surface area (Å²) in [5.74, 6) is -5.42. The topological polar surface area (TPSA) is 94.5 Å². The quantitative estimate of drug-likeness (QED) is 0.209. The number of methoxy groups -OCH3 is 2. The molecule has 0 aliphatic rings. The minimum Gasteiger partial charge on any atom is -0.490 e. The Morgan fingerprint density at radius 2 is 1.58 bits per heavy atom. The van der Waals surface area contributed by atoms with Crippen molar-refractivity contribution in [2.75, 3.05) is 20.8 Å². The maximum Gasteiger partial charge on any atom is 0.457 e. The molecule has 0 heterocycles. The second-order valence-corrected chi connectivity index (χ2v) is 9.42. The van der Waals surface area contributed by atoms with E-state index in [1.807, 2.05) is 20.8 Å². The van der Waals surface area contributed by atoms with Gasteiger partial charge in [0.15, 0.2) is 5.75 Å². The third-order valence-corrected chi connectivity index (χ3v) is 6.29. The molecular formula is C25H30Cl2F2O7. The van der Waals surface area contributed by atoms with Crippen LogP contribution in [-0.2, 0) is 19.7 Å². The SMILES string of the molecule is CCCCOc1c(Cl)cc(C(C)(C)c2ccc(OC(F)(F)C(O)(O)C(OC)C(=O)OC)cc2)cc1Cl. The highest BCUT2D eigenvalue weighted by Crippen LogP contribution is 2.41. The summed E-state index contributed by atoms with van der Waals surface area (Å²) < 4.78 is 48.2. The predicted molar refractivity (Wildman–Crippen MR) is 131 cm³/mol. The second kappa shape index (κ2) is 11.9. The van der Waals surface area contributed by atoms with E-state index < -0.39 is 29.4 Å². The van der Waals surface area contributed by atoms with Gasteiger partial charge in [-0.05, 0) is 41.8 Å². The highest BCUT2D eigenvalue weighted by atomic mass is 35.5. The van der Waals surface area contributed by atoms with E-state index in [0.717, 1.165) is 32.6 Å². The molecule has 2 rings (SSSR count). The van der Waals surface area contributed by atoms with Crippen molar-refractivity contribution >= 4 is 29.2 Å². The Morgan fingerprint density at radius 3 is 2.06 bits per heavy atom. The normalized spacial score (nSPS) is 13.3. The van der Waals surface area contributed by atoms with Crippen molar-refractivity contribution in [3.05, 3.63) is 57.6 Å². The highest BCUT2D eigenvalue weighted by Gasteiger charge is 2.63. The number of carbonyl (C=O) groups excluding carboxylic acids is 1. The molecule has 0 bridgehead atoms. The van der Waals surface area contributed by atoms with Crippen LogP contribution in [0.4, 0.5) is 8.78 Å². The van der Waals surface area contributed by atoms with Crippen LogP contribution in [0.2, 0.25) is 10.0 Å². The Balaban J connectivity index is 2.28. The Kier molecular flexibility index (Phi) is 9.95. The fraction of sp³-hybridized carbons (Fsp3) is 0.480. The van der Waals surface area contributed by atoms with Crippen LogP contribution in [0, 0.1) is 0 Å². The summed E-state index contributed by atoms with van der Waals surface area (Å²) in [5.41, 5.74) is 0.804. The van der Waals surface area contributed by atoms with E-state index in [9.17, 15) is 23.8 Å². The van der Waals surface area contributed by atoms with Crippen LogP contribution in [0.5, 0.6) is 11.5 Å². The van der Waals surface area contributed by atoms with Gasteiger partial charge in [0, 0.05) is 12.5 Å². The van der Waals surface area contributed by atoms with Crippen molar-refractivity contribution in [3.8, 4) is 11.5 Å². The fourth-order valence-corrected chi connectivity index (χ4v) is 3.99. The average Bonchev–Trinajstić information content (AvgIpc) is 2.80. The number of hydrogen-bond acceptors (Lipinski definition) is 7. The first kappa shape index (κ1) is 30.1. The lowest BCUT2D eigenvalue weighted by molar-refractivity contribution is -0.392. The van der Waals surface area contributed by atoms with Crippen LogP contribution in [0.3, 0.4) is 0 Å². The van der Waals surface area contributed by atoms with Crippen LogP contribution in [0.1, 0.15) is 44.7 Å². The van der Waals surface area contributed by atoms with E-state index in [4.69, 9.17) is 27.9 Å². The van der Waals surface area contributed by atoms with Gasteiger partial charge in [-0.25, -0.2) is 4.79 Å². The van der Waals surface area contributed by atoms with Gasteiger partial charge in [-0.2, -0.15) is 8.78 Å². The molecule has 0 aliphatic carbocycles. The van der Waals surface area contributed by atoms with Crippen molar-refractivity contribution in [2.45, 2.75) is 57.0 Å². The van der Waals surface area contributed by atoms with Crippen LogP contribution >= 0.6 is 23.2 Å². The molecule has 0 aromatic heterocycles. The smallest absolute Gasteiger partial charge is 0.457 e. The number of aliphatic hydroxyl groups is 2. The van der Waals surface area contributed by atoms with E-state index in [2.05, 4.69) is 14.2 Å². The van der Waals surface area contributed by atoms with Gasteiger partial charge in [-0.15, -0.1) is 0 Å². The standard InChI is InChI=1S/C25H30Cl2F2O7/c1-6-7-12-35-20-18(26)13-16(14-19(20)27)23(2,3)15-8-10-17(11-9-15)36-25(28,29)24(31,32)21(33-4)22(30)34-5/h8-11,13-14,21,31-32H,6-7,12H2,1-5H3. The van der Waals surface area contributed by atoms with Gasteiger partial charge in [-0.3, -0.25) is 0 Å². The molecule has 7 nitrogen and oxygen atoms in total. The molecule has 11 heteroatoms. The van der Waals surface area contributed by atoms with Gasteiger partial charge < -0.3 is 29.2 Å². The molecule has 2 N–H and O–H groups in total. The molecule has 0 saturated carbocycles. The lowest BCUT2D eigenvalue weighted by atomic mass is 9.78. The van der Waals surface area contributed by atoms with E-state index in [-0.39, 0.29) is 5.75 Å². The maximum atomic E-state index is 14.6. The molecule has 2 aromatic rings. The lowest BCUT2D eigenvalue weighted by Crippen LogP contribution is -2.62. The molecule has 0 saturated heterocycles.